The number of para-hydroxylation sites is 1. The van der Waals surface area contributed by atoms with Crippen molar-refractivity contribution in [3.05, 3.63) is 130 Å². The molecule has 0 bridgehead atoms. The van der Waals surface area contributed by atoms with Crippen LogP contribution in [0.4, 0.5) is 5.69 Å². The number of carbonyl (C=O) groups excluding carboxylic acids is 2. The molecule has 0 aliphatic rings. The van der Waals surface area contributed by atoms with Gasteiger partial charge in [-0.1, -0.05) is 102 Å². The van der Waals surface area contributed by atoms with Crippen LogP contribution in [0, 0.1) is 0 Å². The molecule has 0 saturated carbocycles. The standard InChI is InChI=1S/C34H35BrClN3O4S/c1-2-3-22-37-34(41)32(23-26-10-6-4-7-11-26)38(24-27-14-16-28(35)17-15-27)33(40)25-39(30-12-8-5-9-13-30)44(42,43)31-20-18-29(36)19-21-31/h4-21,32H,2-3,22-25H2,1H3,(H,37,41)/t32-/m1/s1. The third kappa shape index (κ3) is 8.94. The lowest BCUT2D eigenvalue weighted by molar-refractivity contribution is -0.140. The highest BCUT2D eigenvalue weighted by atomic mass is 79.9. The number of hydrogen-bond acceptors (Lipinski definition) is 4. The highest BCUT2D eigenvalue weighted by molar-refractivity contribution is 9.10. The van der Waals surface area contributed by atoms with Gasteiger partial charge in [0.2, 0.25) is 11.8 Å². The van der Waals surface area contributed by atoms with Gasteiger partial charge >= 0.3 is 0 Å². The van der Waals surface area contributed by atoms with E-state index in [0.29, 0.717) is 17.3 Å². The Labute approximate surface area is 273 Å². The zero-order chi connectivity index (χ0) is 31.5. The van der Waals surface area contributed by atoms with Crippen LogP contribution in [0.25, 0.3) is 0 Å². The summed E-state index contributed by atoms with van der Waals surface area (Å²) < 4.78 is 30.0. The van der Waals surface area contributed by atoms with Gasteiger partial charge in [0, 0.05) is 29.0 Å². The predicted molar refractivity (Wildman–Crippen MR) is 179 cm³/mol. The van der Waals surface area contributed by atoms with Crippen molar-refractivity contribution in [2.24, 2.45) is 0 Å². The number of halogens is 2. The molecular weight excluding hydrogens is 662 g/mol. The van der Waals surface area contributed by atoms with Crippen molar-refractivity contribution >= 4 is 55.1 Å². The summed E-state index contributed by atoms with van der Waals surface area (Å²) in [5.41, 5.74) is 2.00. The van der Waals surface area contributed by atoms with Crippen LogP contribution in [-0.4, -0.2) is 44.3 Å². The second-order valence-corrected chi connectivity index (χ2v) is 13.5. The molecule has 0 radical (unpaired) electrons. The van der Waals surface area contributed by atoms with E-state index in [1.165, 1.54) is 29.2 Å². The Balaban J connectivity index is 1.76. The molecule has 7 nitrogen and oxygen atoms in total. The summed E-state index contributed by atoms with van der Waals surface area (Å²) in [6.07, 6.45) is 1.96. The van der Waals surface area contributed by atoms with Gasteiger partial charge in [-0.05, 0) is 66.1 Å². The Morgan fingerprint density at radius 1 is 0.841 bits per heavy atom. The maximum atomic E-state index is 14.4. The Hall–Kier alpha value is -3.66. The number of amides is 2. The van der Waals surface area contributed by atoms with E-state index in [1.54, 1.807) is 30.3 Å². The van der Waals surface area contributed by atoms with Crippen molar-refractivity contribution in [1.29, 1.82) is 0 Å². The van der Waals surface area contributed by atoms with E-state index in [1.807, 2.05) is 61.5 Å². The van der Waals surface area contributed by atoms with Gasteiger partial charge < -0.3 is 10.2 Å². The van der Waals surface area contributed by atoms with Gasteiger partial charge in [0.05, 0.1) is 10.6 Å². The van der Waals surface area contributed by atoms with E-state index >= 15 is 0 Å². The number of benzene rings is 4. The Morgan fingerprint density at radius 2 is 1.45 bits per heavy atom. The number of hydrogen-bond donors (Lipinski definition) is 1. The lowest BCUT2D eigenvalue weighted by atomic mass is 10.0. The van der Waals surface area contributed by atoms with Crippen LogP contribution in [0.5, 0.6) is 0 Å². The second kappa shape index (κ2) is 15.9. The van der Waals surface area contributed by atoms with E-state index < -0.39 is 28.5 Å². The first-order valence-electron chi connectivity index (χ1n) is 14.4. The zero-order valence-corrected chi connectivity index (χ0v) is 27.6. The van der Waals surface area contributed by atoms with Crippen molar-refractivity contribution < 1.29 is 18.0 Å². The highest BCUT2D eigenvalue weighted by Gasteiger charge is 2.34. The maximum absolute atomic E-state index is 14.4. The topological polar surface area (TPSA) is 86.8 Å². The minimum absolute atomic E-state index is 0.00356. The molecule has 0 spiro atoms. The van der Waals surface area contributed by atoms with Crippen LogP contribution in [0.2, 0.25) is 5.02 Å². The number of carbonyl (C=O) groups is 2. The largest absolute Gasteiger partial charge is 0.354 e. The second-order valence-electron chi connectivity index (χ2n) is 10.3. The third-order valence-corrected chi connectivity index (χ3v) is 9.66. The zero-order valence-electron chi connectivity index (χ0n) is 24.4. The minimum atomic E-state index is -4.18. The Kier molecular flexibility index (Phi) is 12.0. The molecule has 4 aromatic rings. The fourth-order valence-electron chi connectivity index (χ4n) is 4.70. The van der Waals surface area contributed by atoms with E-state index in [-0.39, 0.29) is 23.8 Å². The summed E-state index contributed by atoms with van der Waals surface area (Å²) in [5.74, 6) is -0.805. The van der Waals surface area contributed by atoms with Gasteiger partial charge in [-0.25, -0.2) is 8.42 Å². The van der Waals surface area contributed by atoms with Gasteiger partial charge in [-0.3, -0.25) is 13.9 Å². The van der Waals surface area contributed by atoms with Crippen LogP contribution in [-0.2, 0) is 32.6 Å². The SMILES string of the molecule is CCCCNC(=O)[C@@H](Cc1ccccc1)N(Cc1ccc(Br)cc1)C(=O)CN(c1ccccc1)S(=O)(=O)c1ccc(Cl)cc1. The van der Waals surface area contributed by atoms with Crippen molar-refractivity contribution in [3.63, 3.8) is 0 Å². The van der Waals surface area contributed by atoms with Crippen LogP contribution in [0.15, 0.2) is 119 Å². The van der Waals surface area contributed by atoms with Crippen molar-refractivity contribution in [2.45, 2.75) is 43.7 Å². The van der Waals surface area contributed by atoms with E-state index in [4.69, 9.17) is 11.6 Å². The average Bonchev–Trinajstić information content (AvgIpc) is 3.03. The van der Waals surface area contributed by atoms with E-state index in [9.17, 15) is 18.0 Å². The molecule has 1 atom stereocenters. The fourth-order valence-corrected chi connectivity index (χ4v) is 6.51. The van der Waals surface area contributed by atoms with Crippen LogP contribution in [0.1, 0.15) is 30.9 Å². The van der Waals surface area contributed by atoms with Crippen molar-refractivity contribution in [3.8, 4) is 0 Å². The number of anilines is 1. The van der Waals surface area contributed by atoms with Crippen LogP contribution >= 0.6 is 27.5 Å². The first-order valence-corrected chi connectivity index (χ1v) is 17.0. The molecular formula is C34H35BrClN3O4S. The summed E-state index contributed by atoms with van der Waals surface area (Å²) in [5, 5.41) is 3.39. The smallest absolute Gasteiger partial charge is 0.264 e. The Bertz CT molecular complexity index is 1620. The molecule has 230 valence electrons. The molecule has 10 heteroatoms. The minimum Gasteiger partial charge on any atom is -0.354 e. The average molecular weight is 697 g/mol. The third-order valence-electron chi connectivity index (χ3n) is 7.09. The van der Waals surface area contributed by atoms with Gasteiger partial charge in [-0.2, -0.15) is 0 Å². The molecule has 4 rings (SSSR count). The monoisotopic (exact) mass is 695 g/mol. The first kappa shape index (κ1) is 33.2. The number of rotatable bonds is 14. The van der Waals surface area contributed by atoms with Crippen LogP contribution < -0.4 is 9.62 Å². The molecule has 0 aliphatic carbocycles. The molecule has 0 aromatic heterocycles. The summed E-state index contributed by atoms with van der Waals surface area (Å²) in [6, 6.07) is 30.4. The summed E-state index contributed by atoms with van der Waals surface area (Å²) in [7, 11) is -4.18. The van der Waals surface area contributed by atoms with E-state index in [0.717, 1.165) is 32.7 Å². The quantitative estimate of drug-likeness (QED) is 0.146. The van der Waals surface area contributed by atoms with Gasteiger partial charge in [0.1, 0.15) is 12.6 Å². The molecule has 0 fully saturated rings. The molecule has 1 N–H and O–H groups in total. The highest BCUT2D eigenvalue weighted by Crippen LogP contribution is 2.26. The molecule has 44 heavy (non-hydrogen) atoms. The molecule has 4 aromatic carbocycles. The van der Waals surface area contributed by atoms with Crippen molar-refractivity contribution in [2.75, 3.05) is 17.4 Å². The number of sulfonamides is 1. The molecule has 0 saturated heterocycles. The maximum Gasteiger partial charge on any atom is 0.264 e. The molecule has 2 amide bonds. The van der Waals surface area contributed by atoms with Gasteiger partial charge in [-0.15, -0.1) is 0 Å². The number of nitrogens with zero attached hydrogens (tertiary/aromatic N) is 2. The number of unbranched alkanes of at least 4 members (excludes halogenated alkanes) is 1. The van der Waals surface area contributed by atoms with E-state index in [2.05, 4.69) is 21.2 Å². The summed E-state index contributed by atoms with van der Waals surface area (Å²) in [4.78, 5) is 29.7. The lowest BCUT2D eigenvalue weighted by Crippen LogP contribution is -2.53. The lowest BCUT2D eigenvalue weighted by Gasteiger charge is -2.34. The first-order chi connectivity index (χ1) is 21.2. The molecule has 0 heterocycles. The van der Waals surface area contributed by atoms with Gasteiger partial charge in [0.15, 0.2) is 0 Å². The Morgan fingerprint density at radius 3 is 2.07 bits per heavy atom. The summed E-state index contributed by atoms with van der Waals surface area (Å²) >= 11 is 9.49. The molecule has 0 aliphatic heterocycles. The predicted octanol–water partition coefficient (Wildman–Crippen LogP) is 6.85. The normalized spacial score (nSPS) is 11.9. The number of nitrogens with one attached hydrogen (secondary N) is 1. The molecule has 0 unspecified atom stereocenters. The van der Waals surface area contributed by atoms with Crippen LogP contribution in [0.3, 0.4) is 0 Å². The van der Waals surface area contributed by atoms with Crippen molar-refractivity contribution in [1.82, 2.24) is 10.2 Å². The fraction of sp³-hybridized carbons (Fsp3) is 0.235. The summed E-state index contributed by atoms with van der Waals surface area (Å²) in [6.45, 7) is 2.10. The van der Waals surface area contributed by atoms with Gasteiger partial charge in [0.25, 0.3) is 10.0 Å².